The zero-order valence-electron chi connectivity index (χ0n) is 16.6. The fraction of sp³-hybridized carbons (Fsp3) is 0.381. The van der Waals surface area contributed by atoms with Gasteiger partial charge in [0.2, 0.25) is 0 Å². The highest BCUT2D eigenvalue weighted by Crippen LogP contribution is 2.26. The first-order valence-corrected chi connectivity index (χ1v) is 9.80. The Morgan fingerprint density at radius 3 is 2.93 bits per heavy atom. The number of benzene rings is 2. The van der Waals surface area contributed by atoms with Gasteiger partial charge in [-0.3, -0.25) is 0 Å². The Kier molecular flexibility index (Phi) is 5.82. The van der Waals surface area contributed by atoms with Gasteiger partial charge >= 0.3 is 0 Å². The number of methoxy groups -OCH3 is 1. The van der Waals surface area contributed by atoms with Crippen molar-refractivity contribution in [1.82, 2.24) is 30.8 Å². The second-order valence-electron chi connectivity index (χ2n) is 7.25. The maximum absolute atomic E-state index is 13.7. The van der Waals surface area contributed by atoms with Crippen LogP contribution in [-0.4, -0.2) is 39.9 Å². The van der Waals surface area contributed by atoms with E-state index in [1.807, 2.05) is 31.2 Å². The fourth-order valence-electron chi connectivity index (χ4n) is 3.90. The molecule has 3 aromatic rings. The van der Waals surface area contributed by atoms with E-state index in [-0.39, 0.29) is 17.9 Å². The number of tetrazole rings is 1. The summed E-state index contributed by atoms with van der Waals surface area (Å²) in [6.45, 7) is 3.41. The van der Waals surface area contributed by atoms with Gasteiger partial charge in [0.05, 0.1) is 12.8 Å². The van der Waals surface area contributed by atoms with E-state index in [1.165, 1.54) is 6.07 Å². The summed E-state index contributed by atoms with van der Waals surface area (Å²) in [6, 6.07) is 13.0. The Balaban J connectivity index is 1.54. The zero-order valence-corrected chi connectivity index (χ0v) is 16.6. The molecule has 0 unspecified atom stereocenters. The lowest BCUT2D eigenvalue weighted by atomic mass is 9.92. The van der Waals surface area contributed by atoms with Gasteiger partial charge in [0, 0.05) is 24.2 Å². The third kappa shape index (κ3) is 4.28. The van der Waals surface area contributed by atoms with Crippen LogP contribution >= 0.6 is 0 Å². The molecule has 8 heteroatoms. The van der Waals surface area contributed by atoms with Crippen LogP contribution < -0.4 is 15.4 Å². The predicted octanol–water partition coefficient (Wildman–Crippen LogP) is 2.70. The summed E-state index contributed by atoms with van der Waals surface area (Å²) in [6.07, 6.45) is 2.09. The van der Waals surface area contributed by atoms with Crippen LogP contribution in [0.2, 0.25) is 0 Å². The van der Waals surface area contributed by atoms with Crippen molar-refractivity contribution in [2.45, 2.75) is 38.4 Å². The van der Waals surface area contributed by atoms with Crippen LogP contribution in [0, 0.1) is 12.7 Å². The van der Waals surface area contributed by atoms with Crippen molar-refractivity contribution in [3.05, 3.63) is 65.2 Å². The van der Waals surface area contributed by atoms with Crippen molar-refractivity contribution in [2.24, 2.45) is 0 Å². The molecule has 2 N–H and O–H groups in total. The van der Waals surface area contributed by atoms with E-state index in [0.717, 1.165) is 47.8 Å². The van der Waals surface area contributed by atoms with Gasteiger partial charge < -0.3 is 15.4 Å². The average Bonchev–Trinajstić information content (AvgIpc) is 3.18. The predicted molar refractivity (Wildman–Crippen MR) is 107 cm³/mol. The van der Waals surface area contributed by atoms with Crippen LogP contribution in [-0.2, 0) is 6.54 Å². The largest absolute Gasteiger partial charge is 0.496 e. The van der Waals surface area contributed by atoms with Crippen LogP contribution in [0.1, 0.15) is 35.8 Å². The third-order valence-electron chi connectivity index (χ3n) is 5.35. The Morgan fingerprint density at radius 2 is 2.17 bits per heavy atom. The molecule has 1 aliphatic heterocycles. The number of nitrogens with one attached hydrogen (secondary N) is 2. The monoisotopic (exact) mass is 396 g/mol. The molecule has 2 heterocycles. The maximum atomic E-state index is 13.7. The van der Waals surface area contributed by atoms with Crippen LogP contribution in [0.15, 0.2) is 42.5 Å². The van der Waals surface area contributed by atoms with Crippen molar-refractivity contribution in [3.63, 3.8) is 0 Å². The Bertz CT molecular complexity index is 975. The average molecular weight is 396 g/mol. The minimum Gasteiger partial charge on any atom is -0.496 e. The first kappa shape index (κ1) is 19.5. The highest BCUT2D eigenvalue weighted by Gasteiger charge is 2.26. The van der Waals surface area contributed by atoms with Gasteiger partial charge in [0.25, 0.3) is 0 Å². The van der Waals surface area contributed by atoms with Crippen LogP contribution in [0.25, 0.3) is 5.69 Å². The molecule has 0 amide bonds. The lowest BCUT2D eigenvalue weighted by Crippen LogP contribution is -2.45. The number of hydrogen-bond donors (Lipinski definition) is 2. The number of piperidine rings is 1. The second kappa shape index (κ2) is 8.67. The molecule has 1 aromatic heterocycles. The summed E-state index contributed by atoms with van der Waals surface area (Å²) in [7, 11) is 1.67. The summed E-state index contributed by atoms with van der Waals surface area (Å²) in [5.41, 5.74) is 2.87. The van der Waals surface area contributed by atoms with Crippen LogP contribution in [0.5, 0.6) is 5.75 Å². The summed E-state index contributed by atoms with van der Waals surface area (Å²) in [4.78, 5) is 0. The van der Waals surface area contributed by atoms with E-state index in [9.17, 15) is 4.39 Å². The summed E-state index contributed by atoms with van der Waals surface area (Å²) in [5.74, 6) is 1.31. The Labute approximate surface area is 169 Å². The molecule has 1 fully saturated rings. The van der Waals surface area contributed by atoms with Gasteiger partial charge in [-0.15, -0.1) is 5.10 Å². The molecule has 2 atom stereocenters. The van der Waals surface area contributed by atoms with Crippen molar-refractivity contribution in [3.8, 4) is 11.4 Å². The third-order valence-corrected chi connectivity index (χ3v) is 5.35. The molecular formula is C21H25FN6O. The standard InChI is InChI=1S/C21H25FN6O/c1-14-25-26-27-28(14)18-8-9-20(29-2)16(12-18)13-24-19-7-4-10-23-21(19)15-5-3-6-17(22)11-15/h3,5-6,8-9,11-12,19,21,23-24H,4,7,10,13H2,1-2H3/t19-,21-/m1/s1. The Hall–Kier alpha value is -2.84. The summed E-state index contributed by atoms with van der Waals surface area (Å²) < 4.78 is 21.0. The molecule has 152 valence electrons. The van der Waals surface area contributed by atoms with Crippen molar-refractivity contribution in [1.29, 1.82) is 0 Å². The molecule has 0 radical (unpaired) electrons. The number of nitrogens with zero attached hydrogens (tertiary/aromatic N) is 4. The van der Waals surface area contributed by atoms with Gasteiger partial charge in [0.1, 0.15) is 11.6 Å². The van der Waals surface area contributed by atoms with Crippen molar-refractivity contribution in [2.75, 3.05) is 13.7 Å². The van der Waals surface area contributed by atoms with Gasteiger partial charge in [-0.1, -0.05) is 12.1 Å². The quantitative estimate of drug-likeness (QED) is 0.667. The van der Waals surface area contributed by atoms with E-state index < -0.39 is 0 Å². The van der Waals surface area contributed by atoms with E-state index in [0.29, 0.717) is 6.54 Å². The van der Waals surface area contributed by atoms with Gasteiger partial charge in [-0.25, -0.2) is 4.39 Å². The number of rotatable bonds is 6. The smallest absolute Gasteiger partial charge is 0.153 e. The van der Waals surface area contributed by atoms with Crippen LogP contribution in [0.4, 0.5) is 4.39 Å². The van der Waals surface area contributed by atoms with E-state index in [2.05, 4.69) is 26.2 Å². The molecule has 0 aliphatic carbocycles. The molecule has 7 nitrogen and oxygen atoms in total. The van der Waals surface area contributed by atoms with Crippen LogP contribution in [0.3, 0.4) is 0 Å². The van der Waals surface area contributed by atoms with Gasteiger partial charge in [0.15, 0.2) is 5.82 Å². The molecule has 0 saturated carbocycles. The summed E-state index contributed by atoms with van der Waals surface area (Å²) in [5, 5.41) is 18.9. The minimum absolute atomic E-state index is 0.0652. The molecule has 0 spiro atoms. The Morgan fingerprint density at radius 1 is 1.28 bits per heavy atom. The van der Waals surface area contributed by atoms with Gasteiger partial charge in [-0.05, 0) is 72.6 Å². The summed E-state index contributed by atoms with van der Waals surface area (Å²) >= 11 is 0. The minimum atomic E-state index is -0.209. The topological polar surface area (TPSA) is 76.9 Å². The first-order valence-electron chi connectivity index (χ1n) is 9.80. The molecule has 29 heavy (non-hydrogen) atoms. The lowest BCUT2D eigenvalue weighted by molar-refractivity contribution is 0.302. The highest BCUT2D eigenvalue weighted by molar-refractivity contribution is 5.44. The van der Waals surface area contributed by atoms with E-state index >= 15 is 0 Å². The number of halogens is 1. The number of aromatic nitrogens is 4. The fourth-order valence-corrected chi connectivity index (χ4v) is 3.90. The molecular weight excluding hydrogens is 371 g/mol. The normalized spacial score (nSPS) is 19.3. The molecule has 2 aromatic carbocycles. The molecule has 1 aliphatic rings. The lowest BCUT2D eigenvalue weighted by Gasteiger charge is -2.34. The molecule has 4 rings (SSSR count). The number of hydrogen-bond acceptors (Lipinski definition) is 6. The second-order valence-corrected chi connectivity index (χ2v) is 7.25. The van der Waals surface area contributed by atoms with E-state index in [4.69, 9.17) is 4.74 Å². The highest BCUT2D eigenvalue weighted by atomic mass is 19.1. The van der Waals surface area contributed by atoms with Crippen molar-refractivity contribution >= 4 is 0 Å². The van der Waals surface area contributed by atoms with Gasteiger partial charge in [-0.2, -0.15) is 4.68 Å². The molecule has 0 bridgehead atoms. The zero-order chi connectivity index (χ0) is 20.2. The maximum Gasteiger partial charge on any atom is 0.153 e. The number of aryl methyl sites for hydroxylation is 1. The first-order chi connectivity index (χ1) is 14.2. The van der Waals surface area contributed by atoms with Crippen molar-refractivity contribution < 1.29 is 9.13 Å². The molecule has 1 saturated heterocycles. The SMILES string of the molecule is COc1ccc(-n2nnnc2C)cc1CN[C@@H]1CCCN[C@@H]1c1cccc(F)c1. The number of ether oxygens (including phenoxy) is 1. The van der Waals surface area contributed by atoms with E-state index in [1.54, 1.807) is 23.9 Å².